The summed E-state index contributed by atoms with van der Waals surface area (Å²) in [7, 11) is -0.580. The van der Waals surface area contributed by atoms with Crippen LogP contribution < -0.4 is 4.72 Å². The van der Waals surface area contributed by atoms with E-state index in [0.717, 1.165) is 20.5 Å². The van der Waals surface area contributed by atoms with Gasteiger partial charge in [0, 0.05) is 37.4 Å². The molecule has 0 unspecified atom stereocenters. The molecule has 2 aromatic heterocycles. The van der Waals surface area contributed by atoms with Gasteiger partial charge < -0.3 is 0 Å². The predicted molar refractivity (Wildman–Crippen MR) is 84.7 cm³/mol. The molecule has 0 atom stereocenters. The van der Waals surface area contributed by atoms with Crippen LogP contribution in [-0.2, 0) is 10.2 Å². The SMILES string of the molecule is CN(C)S(=O)(=O)Nc1ccccc1-c1cn2ccsc2n1. The summed E-state index contributed by atoms with van der Waals surface area (Å²) in [6, 6.07) is 7.22. The van der Waals surface area contributed by atoms with Gasteiger partial charge in [0.25, 0.3) is 0 Å². The number of imidazole rings is 1. The van der Waals surface area contributed by atoms with Crippen LogP contribution >= 0.6 is 11.3 Å². The standard InChI is InChI=1S/C13H14N4O2S2/c1-16(2)21(18,19)15-11-6-4-3-5-10(11)12-9-17-7-8-20-13(17)14-12/h3-9,15H,1-2H3. The lowest BCUT2D eigenvalue weighted by Crippen LogP contribution is -2.29. The zero-order valence-corrected chi connectivity index (χ0v) is 13.1. The fraction of sp³-hybridized carbons (Fsp3) is 0.154. The van der Waals surface area contributed by atoms with Gasteiger partial charge in [-0.25, -0.2) is 4.98 Å². The Morgan fingerprint density at radius 1 is 1.29 bits per heavy atom. The van der Waals surface area contributed by atoms with E-state index in [1.54, 1.807) is 12.1 Å². The van der Waals surface area contributed by atoms with Crippen LogP contribution in [0.4, 0.5) is 5.69 Å². The van der Waals surface area contributed by atoms with Crippen molar-refractivity contribution < 1.29 is 8.42 Å². The number of fused-ring (bicyclic) bond motifs is 1. The second-order valence-corrected chi connectivity index (χ2v) is 7.41. The van der Waals surface area contributed by atoms with Gasteiger partial charge in [0.15, 0.2) is 4.96 Å². The molecule has 2 heterocycles. The summed E-state index contributed by atoms with van der Waals surface area (Å²) >= 11 is 1.53. The van der Waals surface area contributed by atoms with E-state index in [1.807, 2.05) is 34.3 Å². The Morgan fingerprint density at radius 2 is 2.05 bits per heavy atom. The third-order valence-electron chi connectivity index (χ3n) is 3.02. The van der Waals surface area contributed by atoms with E-state index < -0.39 is 10.2 Å². The van der Waals surface area contributed by atoms with Gasteiger partial charge in [-0.2, -0.15) is 12.7 Å². The molecule has 0 aliphatic carbocycles. The first-order valence-electron chi connectivity index (χ1n) is 6.19. The smallest absolute Gasteiger partial charge is 0.297 e. The van der Waals surface area contributed by atoms with Crippen LogP contribution in [0.1, 0.15) is 0 Å². The average molecular weight is 322 g/mol. The molecule has 3 rings (SSSR count). The Hall–Kier alpha value is -1.90. The van der Waals surface area contributed by atoms with E-state index in [2.05, 4.69) is 9.71 Å². The molecule has 8 heteroatoms. The number of hydrogen-bond donors (Lipinski definition) is 1. The first-order valence-corrected chi connectivity index (χ1v) is 8.51. The highest BCUT2D eigenvalue weighted by Gasteiger charge is 2.17. The number of nitrogens with one attached hydrogen (secondary N) is 1. The maximum absolute atomic E-state index is 12.0. The lowest BCUT2D eigenvalue weighted by Gasteiger charge is -2.15. The van der Waals surface area contributed by atoms with Gasteiger partial charge in [-0.1, -0.05) is 18.2 Å². The van der Waals surface area contributed by atoms with Gasteiger partial charge >= 0.3 is 10.2 Å². The molecule has 0 saturated heterocycles. The first kappa shape index (κ1) is 14.1. The summed E-state index contributed by atoms with van der Waals surface area (Å²) < 4.78 is 29.6. The number of hydrogen-bond acceptors (Lipinski definition) is 4. The predicted octanol–water partition coefficient (Wildman–Crippen LogP) is 2.28. The minimum Gasteiger partial charge on any atom is -0.297 e. The van der Waals surface area contributed by atoms with Crippen molar-refractivity contribution in [3.05, 3.63) is 42.0 Å². The summed E-state index contributed by atoms with van der Waals surface area (Å²) in [5, 5.41) is 1.95. The number of rotatable bonds is 4. The number of para-hydroxylation sites is 1. The van der Waals surface area contributed by atoms with E-state index in [4.69, 9.17) is 0 Å². The summed E-state index contributed by atoms with van der Waals surface area (Å²) in [6.07, 6.45) is 3.80. The minimum absolute atomic E-state index is 0.511. The molecular formula is C13H14N4O2S2. The highest BCUT2D eigenvalue weighted by atomic mass is 32.2. The second kappa shape index (κ2) is 5.14. The van der Waals surface area contributed by atoms with Gasteiger partial charge in [-0.15, -0.1) is 11.3 Å². The van der Waals surface area contributed by atoms with E-state index in [0.29, 0.717) is 5.69 Å². The molecular weight excluding hydrogens is 308 g/mol. The molecule has 110 valence electrons. The quantitative estimate of drug-likeness (QED) is 0.801. The van der Waals surface area contributed by atoms with Crippen molar-refractivity contribution in [2.24, 2.45) is 0 Å². The zero-order valence-electron chi connectivity index (χ0n) is 11.5. The summed E-state index contributed by atoms with van der Waals surface area (Å²) in [5.41, 5.74) is 2.00. The number of nitrogens with zero attached hydrogens (tertiary/aromatic N) is 3. The number of aromatic nitrogens is 2. The Morgan fingerprint density at radius 3 is 2.76 bits per heavy atom. The summed E-state index contributed by atoms with van der Waals surface area (Å²) in [6.45, 7) is 0. The Balaban J connectivity index is 2.06. The average Bonchev–Trinajstić information content (AvgIpc) is 2.99. The van der Waals surface area contributed by atoms with Crippen LogP contribution in [0.25, 0.3) is 16.2 Å². The summed E-state index contributed by atoms with van der Waals surface area (Å²) in [5.74, 6) is 0. The van der Waals surface area contributed by atoms with Crippen LogP contribution in [0.2, 0.25) is 0 Å². The van der Waals surface area contributed by atoms with Crippen molar-refractivity contribution in [2.45, 2.75) is 0 Å². The van der Waals surface area contributed by atoms with Gasteiger partial charge in [-0.3, -0.25) is 9.12 Å². The molecule has 0 saturated carbocycles. The van der Waals surface area contributed by atoms with Gasteiger partial charge in [0.05, 0.1) is 11.4 Å². The lowest BCUT2D eigenvalue weighted by molar-refractivity contribution is 0.527. The maximum atomic E-state index is 12.0. The van der Waals surface area contributed by atoms with Gasteiger partial charge in [-0.05, 0) is 6.07 Å². The van der Waals surface area contributed by atoms with E-state index >= 15 is 0 Å². The van der Waals surface area contributed by atoms with E-state index in [1.165, 1.54) is 25.4 Å². The largest absolute Gasteiger partial charge is 0.301 e. The van der Waals surface area contributed by atoms with Gasteiger partial charge in [0.1, 0.15) is 0 Å². The molecule has 1 N–H and O–H groups in total. The third kappa shape index (κ3) is 2.65. The molecule has 3 aromatic rings. The van der Waals surface area contributed by atoms with Crippen molar-refractivity contribution in [3.63, 3.8) is 0 Å². The van der Waals surface area contributed by atoms with Crippen LogP contribution in [0, 0.1) is 0 Å². The molecule has 6 nitrogen and oxygen atoms in total. The highest BCUT2D eigenvalue weighted by molar-refractivity contribution is 7.90. The fourth-order valence-corrected chi connectivity index (χ4v) is 3.22. The van der Waals surface area contributed by atoms with Crippen LogP contribution in [0.5, 0.6) is 0 Å². The maximum Gasteiger partial charge on any atom is 0.301 e. The lowest BCUT2D eigenvalue weighted by atomic mass is 10.1. The van der Waals surface area contributed by atoms with E-state index in [9.17, 15) is 8.42 Å². The number of benzene rings is 1. The van der Waals surface area contributed by atoms with Crippen LogP contribution in [0.15, 0.2) is 42.0 Å². The van der Waals surface area contributed by atoms with Crippen molar-refractivity contribution in [3.8, 4) is 11.3 Å². The Bertz CT molecular complexity index is 852. The molecule has 0 aliphatic heterocycles. The van der Waals surface area contributed by atoms with Crippen LogP contribution in [0.3, 0.4) is 0 Å². The molecule has 0 aliphatic rings. The Kier molecular flexibility index (Phi) is 3.44. The van der Waals surface area contributed by atoms with Crippen molar-refractivity contribution in [1.29, 1.82) is 0 Å². The van der Waals surface area contributed by atoms with Crippen molar-refractivity contribution >= 4 is 32.2 Å². The topological polar surface area (TPSA) is 66.7 Å². The normalized spacial score (nSPS) is 12.1. The van der Waals surface area contributed by atoms with Gasteiger partial charge in [0.2, 0.25) is 0 Å². The molecule has 0 fully saturated rings. The molecule has 0 spiro atoms. The monoisotopic (exact) mass is 322 g/mol. The summed E-state index contributed by atoms with van der Waals surface area (Å²) in [4.78, 5) is 5.38. The molecule has 1 aromatic carbocycles. The molecule has 0 bridgehead atoms. The van der Waals surface area contributed by atoms with Crippen molar-refractivity contribution in [1.82, 2.24) is 13.7 Å². The molecule has 0 amide bonds. The fourth-order valence-electron chi connectivity index (χ4n) is 1.88. The minimum atomic E-state index is -3.55. The molecule has 21 heavy (non-hydrogen) atoms. The first-order chi connectivity index (χ1) is 9.97. The van der Waals surface area contributed by atoms with Crippen LogP contribution in [-0.4, -0.2) is 36.2 Å². The van der Waals surface area contributed by atoms with E-state index in [-0.39, 0.29) is 0 Å². The second-order valence-electron chi connectivity index (χ2n) is 4.65. The zero-order chi connectivity index (χ0) is 15.0. The Labute approximate surface area is 126 Å². The van der Waals surface area contributed by atoms with Crippen molar-refractivity contribution in [2.75, 3.05) is 18.8 Å². The number of thiazole rings is 1. The third-order valence-corrected chi connectivity index (χ3v) is 5.23. The highest BCUT2D eigenvalue weighted by Crippen LogP contribution is 2.29. The molecule has 0 radical (unpaired) electrons. The number of anilines is 1.